The van der Waals surface area contributed by atoms with Crippen LogP contribution in [-0.4, -0.2) is 10.2 Å². The summed E-state index contributed by atoms with van der Waals surface area (Å²) in [5.41, 5.74) is 2.69. The van der Waals surface area contributed by atoms with Gasteiger partial charge in [-0.1, -0.05) is 52.7 Å². The average molecular weight is 325 g/mol. The maximum absolute atomic E-state index is 4.26. The van der Waals surface area contributed by atoms with Gasteiger partial charge in [0.1, 0.15) is 10.0 Å². The van der Waals surface area contributed by atoms with Gasteiger partial charge >= 0.3 is 0 Å². The van der Waals surface area contributed by atoms with Crippen molar-refractivity contribution < 1.29 is 0 Å². The molecule has 0 aliphatic heterocycles. The Kier molecular flexibility index (Phi) is 4.89. The van der Waals surface area contributed by atoms with Gasteiger partial charge in [-0.2, -0.15) is 0 Å². The Labute approximate surface area is 121 Å². The lowest BCUT2D eigenvalue weighted by Crippen LogP contribution is -1.91. The highest BCUT2D eigenvalue weighted by Crippen LogP contribution is 2.28. The predicted molar refractivity (Wildman–Crippen MR) is 80.5 cm³/mol. The third-order valence-corrected chi connectivity index (χ3v) is 5.30. The quantitative estimate of drug-likeness (QED) is 0.758. The van der Waals surface area contributed by atoms with Crippen molar-refractivity contribution in [1.29, 1.82) is 0 Å². The second-order valence-corrected chi connectivity index (χ2v) is 6.60. The minimum atomic E-state index is 0.350. The molecule has 1 heterocycles. The first kappa shape index (κ1) is 13.7. The highest BCUT2D eigenvalue weighted by molar-refractivity contribution is 9.09. The van der Waals surface area contributed by atoms with Crippen molar-refractivity contribution in [2.75, 3.05) is 0 Å². The molecule has 0 fully saturated rings. The zero-order chi connectivity index (χ0) is 13.0. The van der Waals surface area contributed by atoms with Crippen LogP contribution in [0.5, 0.6) is 0 Å². The summed E-state index contributed by atoms with van der Waals surface area (Å²) in [6.07, 6.45) is 3.06. The fraction of sp³-hybridized carbons (Fsp3) is 0.429. The number of hydrogen-bond acceptors (Lipinski definition) is 3. The fourth-order valence-electron chi connectivity index (χ4n) is 1.79. The van der Waals surface area contributed by atoms with Crippen molar-refractivity contribution in [3.05, 3.63) is 45.4 Å². The Morgan fingerprint density at radius 1 is 1.28 bits per heavy atom. The maximum atomic E-state index is 4.26. The van der Waals surface area contributed by atoms with Crippen LogP contribution in [0.3, 0.4) is 0 Å². The molecule has 2 nitrogen and oxygen atoms in total. The van der Waals surface area contributed by atoms with Crippen molar-refractivity contribution in [2.24, 2.45) is 0 Å². The molecule has 1 aromatic heterocycles. The molecule has 0 aliphatic carbocycles. The van der Waals surface area contributed by atoms with Gasteiger partial charge in [-0.3, -0.25) is 0 Å². The minimum Gasteiger partial charge on any atom is -0.144 e. The monoisotopic (exact) mass is 324 g/mol. The van der Waals surface area contributed by atoms with Crippen LogP contribution in [0.25, 0.3) is 0 Å². The van der Waals surface area contributed by atoms with Crippen LogP contribution >= 0.6 is 27.3 Å². The van der Waals surface area contributed by atoms with E-state index >= 15 is 0 Å². The molecular weight excluding hydrogens is 308 g/mol. The van der Waals surface area contributed by atoms with Crippen molar-refractivity contribution in [3.8, 4) is 0 Å². The second kappa shape index (κ2) is 6.43. The van der Waals surface area contributed by atoms with Crippen LogP contribution < -0.4 is 0 Å². The van der Waals surface area contributed by atoms with E-state index in [0.29, 0.717) is 4.83 Å². The number of alkyl halides is 1. The van der Waals surface area contributed by atoms with E-state index in [-0.39, 0.29) is 0 Å². The fourth-order valence-corrected chi connectivity index (χ4v) is 3.06. The number of benzene rings is 1. The van der Waals surface area contributed by atoms with Crippen LogP contribution in [-0.2, 0) is 12.8 Å². The lowest BCUT2D eigenvalue weighted by molar-refractivity contribution is 0.848. The van der Waals surface area contributed by atoms with Crippen molar-refractivity contribution in [2.45, 2.75) is 37.9 Å². The van der Waals surface area contributed by atoms with E-state index < -0.39 is 0 Å². The Bertz CT molecular complexity index is 510. The second-order valence-electron chi connectivity index (χ2n) is 4.40. The van der Waals surface area contributed by atoms with Gasteiger partial charge in [0, 0.05) is 6.42 Å². The van der Waals surface area contributed by atoms with E-state index in [4.69, 9.17) is 0 Å². The van der Waals surface area contributed by atoms with Crippen LogP contribution in [0.15, 0.2) is 24.3 Å². The van der Waals surface area contributed by atoms with Crippen LogP contribution in [0.4, 0.5) is 0 Å². The van der Waals surface area contributed by atoms with E-state index in [1.807, 2.05) is 0 Å². The maximum Gasteiger partial charge on any atom is 0.131 e. The number of hydrogen-bond donors (Lipinski definition) is 0. The van der Waals surface area contributed by atoms with Gasteiger partial charge in [0.2, 0.25) is 0 Å². The molecule has 0 saturated heterocycles. The Morgan fingerprint density at radius 2 is 2.11 bits per heavy atom. The van der Waals surface area contributed by atoms with E-state index in [2.05, 4.69) is 64.2 Å². The SMILES string of the molecule is CCC(Br)c1nnc(CCc2cccc(C)c2)s1. The molecule has 0 bridgehead atoms. The van der Waals surface area contributed by atoms with Gasteiger partial charge in [-0.25, -0.2) is 0 Å². The van der Waals surface area contributed by atoms with Gasteiger partial charge in [0.15, 0.2) is 0 Å². The number of rotatable bonds is 5. The lowest BCUT2D eigenvalue weighted by atomic mass is 10.1. The number of aromatic nitrogens is 2. The Morgan fingerprint density at radius 3 is 2.83 bits per heavy atom. The minimum absolute atomic E-state index is 0.350. The summed E-state index contributed by atoms with van der Waals surface area (Å²) in [7, 11) is 0. The number of halogens is 1. The molecule has 0 spiro atoms. The number of aryl methyl sites for hydroxylation is 3. The molecule has 0 aliphatic rings. The largest absolute Gasteiger partial charge is 0.144 e. The molecule has 1 atom stereocenters. The zero-order valence-corrected chi connectivity index (χ0v) is 13.1. The van der Waals surface area contributed by atoms with E-state index in [1.165, 1.54) is 11.1 Å². The molecule has 18 heavy (non-hydrogen) atoms. The predicted octanol–water partition coefficient (Wildman–Crippen LogP) is 4.48. The molecule has 96 valence electrons. The number of nitrogens with zero attached hydrogens (tertiary/aromatic N) is 2. The highest BCUT2D eigenvalue weighted by Gasteiger charge is 2.11. The van der Waals surface area contributed by atoms with Crippen LogP contribution in [0.1, 0.15) is 39.3 Å². The van der Waals surface area contributed by atoms with Gasteiger partial charge < -0.3 is 0 Å². The Hall–Kier alpha value is -0.740. The first-order valence-corrected chi connectivity index (χ1v) is 7.94. The van der Waals surface area contributed by atoms with E-state index in [1.54, 1.807) is 11.3 Å². The van der Waals surface area contributed by atoms with E-state index in [0.717, 1.165) is 29.3 Å². The molecule has 4 heteroatoms. The standard InChI is InChI=1S/C14H17BrN2S/c1-3-12(15)14-17-16-13(18-14)8-7-11-6-4-5-10(2)9-11/h4-6,9,12H,3,7-8H2,1-2H3. The highest BCUT2D eigenvalue weighted by atomic mass is 79.9. The summed E-state index contributed by atoms with van der Waals surface area (Å²) in [6, 6.07) is 8.65. The van der Waals surface area contributed by atoms with Gasteiger partial charge in [-0.05, 0) is 25.3 Å². The molecular formula is C14H17BrN2S. The molecule has 2 rings (SSSR count). The molecule has 0 saturated carbocycles. The zero-order valence-electron chi connectivity index (χ0n) is 10.7. The van der Waals surface area contributed by atoms with Crippen molar-refractivity contribution in [1.82, 2.24) is 10.2 Å². The van der Waals surface area contributed by atoms with E-state index in [9.17, 15) is 0 Å². The van der Waals surface area contributed by atoms with Gasteiger partial charge in [-0.15, -0.1) is 21.5 Å². The third-order valence-electron chi connectivity index (χ3n) is 2.82. The molecule has 1 aromatic carbocycles. The average Bonchev–Trinajstić information content (AvgIpc) is 2.84. The smallest absolute Gasteiger partial charge is 0.131 e. The summed E-state index contributed by atoms with van der Waals surface area (Å²) >= 11 is 5.33. The molecule has 0 radical (unpaired) electrons. The normalized spacial score (nSPS) is 12.6. The summed E-state index contributed by atoms with van der Waals surface area (Å²) < 4.78 is 0. The lowest BCUT2D eigenvalue weighted by Gasteiger charge is -2.00. The molecule has 0 N–H and O–H groups in total. The molecule has 1 unspecified atom stereocenters. The van der Waals surface area contributed by atoms with Crippen LogP contribution in [0, 0.1) is 6.92 Å². The summed E-state index contributed by atoms with van der Waals surface area (Å²) in [5, 5.41) is 10.7. The first-order valence-electron chi connectivity index (χ1n) is 6.21. The van der Waals surface area contributed by atoms with Gasteiger partial charge in [0.05, 0.1) is 4.83 Å². The van der Waals surface area contributed by atoms with Crippen molar-refractivity contribution in [3.63, 3.8) is 0 Å². The summed E-state index contributed by atoms with van der Waals surface area (Å²) in [4.78, 5) is 0.350. The van der Waals surface area contributed by atoms with Crippen molar-refractivity contribution >= 4 is 27.3 Å². The topological polar surface area (TPSA) is 25.8 Å². The van der Waals surface area contributed by atoms with Gasteiger partial charge in [0.25, 0.3) is 0 Å². The third kappa shape index (κ3) is 3.62. The molecule has 0 amide bonds. The first-order chi connectivity index (χ1) is 8.69. The van der Waals surface area contributed by atoms with Crippen LogP contribution in [0.2, 0.25) is 0 Å². The summed E-state index contributed by atoms with van der Waals surface area (Å²) in [5.74, 6) is 0. The molecule has 2 aromatic rings. The summed E-state index contributed by atoms with van der Waals surface area (Å²) in [6.45, 7) is 4.27. The Balaban J connectivity index is 1.96.